The first kappa shape index (κ1) is 12.6. The Hall–Kier alpha value is -1.89. The van der Waals surface area contributed by atoms with Crippen molar-refractivity contribution in [2.75, 3.05) is 7.11 Å². The number of halogens is 1. The van der Waals surface area contributed by atoms with Crippen LogP contribution in [-0.4, -0.2) is 21.6 Å². The van der Waals surface area contributed by atoms with Crippen molar-refractivity contribution in [3.05, 3.63) is 55.4 Å². The second-order valence-electron chi connectivity index (χ2n) is 3.50. The molecule has 2 rings (SSSR count). The van der Waals surface area contributed by atoms with Crippen LogP contribution < -0.4 is 16.0 Å². The van der Waals surface area contributed by atoms with E-state index in [4.69, 9.17) is 4.74 Å². The van der Waals surface area contributed by atoms with Gasteiger partial charge in [-0.25, -0.2) is 9.78 Å². The molecule has 94 valence electrons. The van der Waals surface area contributed by atoms with Gasteiger partial charge in [-0.3, -0.25) is 9.36 Å². The van der Waals surface area contributed by atoms with Crippen LogP contribution in [0.4, 0.5) is 0 Å². The zero-order valence-electron chi connectivity index (χ0n) is 9.51. The molecule has 2 heterocycles. The fourth-order valence-corrected chi connectivity index (χ4v) is 1.86. The fourth-order valence-electron chi connectivity index (χ4n) is 1.53. The van der Waals surface area contributed by atoms with E-state index in [1.165, 1.54) is 13.3 Å². The van der Waals surface area contributed by atoms with E-state index in [9.17, 15) is 9.59 Å². The lowest BCUT2D eigenvalue weighted by atomic mass is 10.2. The smallest absolute Gasteiger partial charge is 0.328 e. The monoisotopic (exact) mass is 311 g/mol. The van der Waals surface area contributed by atoms with Gasteiger partial charge in [0.2, 0.25) is 5.88 Å². The lowest BCUT2D eigenvalue weighted by Crippen LogP contribution is -2.35. The summed E-state index contributed by atoms with van der Waals surface area (Å²) in [6.45, 7) is 0.102. The Balaban J connectivity index is 2.50. The summed E-state index contributed by atoms with van der Waals surface area (Å²) in [6, 6.07) is 3.47. The average molecular weight is 312 g/mol. The van der Waals surface area contributed by atoms with E-state index in [1.807, 2.05) is 0 Å². The van der Waals surface area contributed by atoms with Gasteiger partial charge in [0.15, 0.2) is 0 Å². The first-order valence-electron chi connectivity index (χ1n) is 5.09. The fraction of sp³-hybridized carbons (Fsp3) is 0.182. The van der Waals surface area contributed by atoms with Crippen LogP contribution in [0.25, 0.3) is 0 Å². The number of aromatic nitrogens is 3. The summed E-state index contributed by atoms with van der Waals surface area (Å²) in [5.41, 5.74) is -0.218. The standard InChI is InChI=1S/C11H10BrN3O3/c1-18-9-7(3-2-4-13-9)6-15-10(16)8(12)5-14-11(15)17/h2-5H,6H2,1H3,(H,14,17). The number of rotatable bonds is 3. The molecule has 2 aromatic rings. The van der Waals surface area contributed by atoms with Gasteiger partial charge < -0.3 is 9.72 Å². The van der Waals surface area contributed by atoms with Crippen molar-refractivity contribution in [2.45, 2.75) is 6.54 Å². The normalized spacial score (nSPS) is 10.3. The molecule has 0 aliphatic carbocycles. The van der Waals surface area contributed by atoms with Crippen LogP contribution in [0, 0.1) is 0 Å². The first-order chi connectivity index (χ1) is 8.63. The predicted octanol–water partition coefficient (Wildman–Crippen LogP) is 0.751. The number of ether oxygens (including phenoxy) is 1. The van der Waals surface area contributed by atoms with E-state index >= 15 is 0 Å². The molecule has 0 saturated carbocycles. The van der Waals surface area contributed by atoms with Gasteiger partial charge in [0, 0.05) is 18.0 Å². The molecule has 18 heavy (non-hydrogen) atoms. The quantitative estimate of drug-likeness (QED) is 0.907. The molecule has 0 aromatic carbocycles. The number of hydrogen-bond acceptors (Lipinski definition) is 4. The minimum Gasteiger partial charge on any atom is -0.481 e. The van der Waals surface area contributed by atoms with Crippen molar-refractivity contribution in [2.24, 2.45) is 0 Å². The van der Waals surface area contributed by atoms with E-state index in [0.717, 1.165) is 4.57 Å². The van der Waals surface area contributed by atoms with Crippen molar-refractivity contribution in [3.8, 4) is 5.88 Å². The van der Waals surface area contributed by atoms with Crippen molar-refractivity contribution in [3.63, 3.8) is 0 Å². The Morgan fingerprint density at radius 1 is 1.50 bits per heavy atom. The summed E-state index contributed by atoms with van der Waals surface area (Å²) >= 11 is 3.08. The third-order valence-electron chi connectivity index (χ3n) is 2.39. The lowest BCUT2D eigenvalue weighted by molar-refractivity contribution is 0.390. The Bertz CT molecular complexity index is 678. The summed E-state index contributed by atoms with van der Waals surface area (Å²) in [5, 5.41) is 0. The molecular weight excluding hydrogens is 302 g/mol. The number of H-pyrrole nitrogens is 1. The molecule has 6 nitrogen and oxygen atoms in total. The molecule has 0 bridgehead atoms. The molecule has 0 radical (unpaired) electrons. The number of nitrogens with one attached hydrogen (secondary N) is 1. The van der Waals surface area contributed by atoms with Gasteiger partial charge in [-0.05, 0) is 22.0 Å². The molecule has 1 N–H and O–H groups in total. The van der Waals surface area contributed by atoms with Crippen molar-refractivity contribution in [1.82, 2.24) is 14.5 Å². The van der Waals surface area contributed by atoms with Crippen LogP contribution in [0.2, 0.25) is 0 Å². The highest BCUT2D eigenvalue weighted by Gasteiger charge is 2.09. The highest BCUT2D eigenvalue weighted by molar-refractivity contribution is 9.10. The third kappa shape index (κ3) is 2.35. The highest BCUT2D eigenvalue weighted by atomic mass is 79.9. The zero-order valence-corrected chi connectivity index (χ0v) is 11.1. The van der Waals surface area contributed by atoms with Gasteiger partial charge in [-0.2, -0.15) is 0 Å². The molecule has 0 fully saturated rings. The van der Waals surface area contributed by atoms with Gasteiger partial charge in [-0.1, -0.05) is 6.07 Å². The maximum atomic E-state index is 11.8. The van der Waals surface area contributed by atoms with Crippen molar-refractivity contribution in [1.29, 1.82) is 0 Å². The number of nitrogens with zero attached hydrogens (tertiary/aromatic N) is 2. The molecule has 7 heteroatoms. The van der Waals surface area contributed by atoms with Crippen molar-refractivity contribution < 1.29 is 4.74 Å². The van der Waals surface area contributed by atoms with Crippen LogP contribution >= 0.6 is 15.9 Å². The third-order valence-corrected chi connectivity index (χ3v) is 2.96. The summed E-state index contributed by atoms with van der Waals surface area (Å²) < 4.78 is 6.45. The molecule has 0 saturated heterocycles. The van der Waals surface area contributed by atoms with Gasteiger partial charge in [0.25, 0.3) is 5.56 Å². The first-order valence-corrected chi connectivity index (χ1v) is 5.88. The minimum atomic E-state index is -0.478. The van der Waals surface area contributed by atoms with Crippen LogP contribution in [0.5, 0.6) is 5.88 Å². The Labute approximate surface area is 110 Å². The minimum absolute atomic E-state index is 0.102. The SMILES string of the molecule is COc1ncccc1Cn1c(=O)[nH]cc(Br)c1=O. The Kier molecular flexibility index (Phi) is 3.61. The van der Waals surface area contributed by atoms with Crippen LogP contribution in [0.15, 0.2) is 38.6 Å². The van der Waals surface area contributed by atoms with Crippen molar-refractivity contribution >= 4 is 15.9 Å². The highest BCUT2D eigenvalue weighted by Crippen LogP contribution is 2.13. The molecule has 0 aliphatic rings. The number of hydrogen-bond donors (Lipinski definition) is 1. The molecule has 0 atom stereocenters. The summed E-state index contributed by atoms with van der Waals surface area (Å²) in [5.74, 6) is 0.392. The van der Waals surface area contributed by atoms with Crippen LogP contribution in [-0.2, 0) is 6.54 Å². The van der Waals surface area contributed by atoms with Crippen LogP contribution in [0.1, 0.15) is 5.56 Å². The van der Waals surface area contributed by atoms with E-state index in [0.29, 0.717) is 15.9 Å². The average Bonchev–Trinajstić information content (AvgIpc) is 2.39. The van der Waals surface area contributed by atoms with E-state index in [-0.39, 0.29) is 6.54 Å². The summed E-state index contributed by atoms with van der Waals surface area (Å²) in [6.07, 6.45) is 2.90. The second kappa shape index (κ2) is 5.18. The molecule has 0 amide bonds. The predicted molar refractivity (Wildman–Crippen MR) is 68.9 cm³/mol. The van der Waals surface area contributed by atoms with E-state index < -0.39 is 11.2 Å². The molecular formula is C11H10BrN3O3. The molecule has 2 aromatic heterocycles. The Morgan fingerprint density at radius 2 is 2.28 bits per heavy atom. The van der Waals surface area contributed by atoms with Gasteiger partial charge in [0.1, 0.15) is 0 Å². The number of methoxy groups -OCH3 is 1. The second-order valence-corrected chi connectivity index (χ2v) is 4.36. The number of pyridine rings is 1. The van der Waals surface area contributed by atoms with Gasteiger partial charge in [0.05, 0.1) is 18.1 Å². The summed E-state index contributed by atoms with van der Waals surface area (Å²) in [4.78, 5) is 29.9. The van der Waals surface area contributed by atoms with Gasteiger partial charge >= 0.3 is 5.69 Å². The van der Waals surface area contributed by atoms with E-state index in [1.54, 1.807) is 18.3 Å². The summed E-state index contributed by atoms with van der Waals surface area (Å²) in [7, 11) is 1.49. The molecule has 0 aliphatic heterocycles. The Morgan fingerprint density at radius 3 is 3.00 bits per heavy atom. The topological polar surface area (TPSA) is 77.0 Å². The number of aromatic amines is 1. The zero-order chi connectivity index (χ0) is 13.1. The van der Waals surface area contributed by atoms with Gasteiger partial charge in [-0.15, -0.1) is 0 Å². The maximum absolute atomic E-state index is 11.8. The molecule has 0 unspecified atom stereocenters. The largest absolute Gasteiger partial charge is 0.481 e. The lowest BCUT2D eigenvalue weighted by Gasteiger charge is -2.08. The van der Waals surface area contributed by atoms with Crippen LogP contribution in [0.3, 0.4) is 0 Å². The van der Waals surface area contributed by atoms with E-state index in [2.05, 4.69) is 25.9 Å². The molecule has 0 spiro atoms. The maximum Gasteiger partial charge on any atom is 0.328 e.